The van der Waals surface area contributed by atoms with E-state index in [2.05, 4.69) is 76.6 Å². The second-order valence-corrected chi connectivity index (χ2v) is 9.60. The van der Waals surface area contributed by atoms with Gasteiger partial charge in [-0.1, -0.05) is 36.4 Å². The highest BCUT2D eigenvalue weighted by Gasteiger charge is 2.50. The molecule has 3 atom stereocenters. The van der Waals surface area contributed by atoms with Crippen LogP contribution in [0.15, 0.2) is 91.0 Å². The zero-order valence-electron chi connectivity index (χ0n) is 19.2. The molecule has 0 saturated carbocycles. The Hall–Kier alpha value is -3.95. The lowest BCUT2D eigenvalue weighted by molar-refractivity contribution is 0.291. The lowest BCUT2D eigenvalue weighted by atomic mass is 9.89. The van der Waals surface area contributed by atoms with Gasteiger partial charge >= 0.3 is 0 Å². The molecule has 0 aliphatic carbocycles. The maximum atomic E-state index is 14.7. The van der Waals surface area contributed by atoms with E-state index in [-0.39, 0.29) is 12.0 Å². The predicted octanol–water partition coefficient (Wildman–Crippen LogP) is 6.25. The minimum atomic E-state index is -0.457. The highest BCUT2D eigenvalue weighted by Crippen LogP contribution is 2.53. The van der Waals surface area contributed by atoms with Gasteiger partial charge in [-0.3, -0.25) is 4.65 Å². The first-order valence-electron chi connectivity index (χ1n) is 12.1. The van der Waals surface area contributed by atoms with E-state index in [9.17, 15) is 10.5 Å². The molecule has 1 fully saturated rings. The number of hydrogen-bond donors (Lipinski definition) is 1. The summed E-state index contributed by atoms with van der Waals surface area (Å²) in [4.78, 5) is 0. The quantitative estimate of drug-likeness (QED) is 0.252. The molecular weight excluding hydrogens is 432 g/mol. The summed E-state index contributed by atoms with van der Waals surface area (Å²) < 4.78 is 1.86. The van der Waals surface area contributed by atoms with Gasteiger partial charge in [0.1, 0.15) is 17.4 Å². The summed E-state index contributed by atoms with van der Waals surface area (Å²) in [5.74, 6) is 0.139. The molecular formula is C30H24N4O. The second-order valence-electron chi connectivity index (χ2n) is 9.60. The SMILES string of the molecule is N#Cc1ccc([N+]2([O-])c3ccc(-n4c5ccccc5c5ccccc54)cc3C3CNCCC32)cc1. The van der Waals surface area contributed by atoms with E-state index in [0.29, 0.717) is 11.3 Å². The number of hydrogen-bond acceptors (Lipinski definition) is 3. The molecule has 1 N–H and O–H groups in total. The molecule has 2 aliphatic heterocycles. The summed E-state index contributed by atoms with van der Waals surface area (Å²) in [5, 5.41) is 29.9. The molecule has 2 aliphatic rings. The largest absolute Gasteiger partial charge is 0.622 e. The number of para-hydroxylation sites is 2. The molecule has 0 spiro atoms. The molecule has 5 heteroatoms. The molecule has 3 heterocycles. The Morgan fingerprint density at radius 3 is 2.26 bits per heavy atom. The van der Waals surface area contributed by atoms with Crippen LogP contribution < -0.4 is 9.96 Å². The van der Waals surface area contributed by atoms with Gasteiger partial charge in [0.2, 0.25) is 0 Å². The van der Waals surface area contributed by atoms with Gasteiger partial charge in [0, 0.05) is 59.7 Å². The summed E-state index contributed by atoms with van der Waals surface area (Å²) in [6.07, 6.45) is 0.813. The molecule has 7 rings (SSSR count). The van der Waals surface area contributed by atoms with Crippen LogP contribution in [0.2, 0.25) is 0 Å². The first-order valence-corrected chi connectivity index (χ1v) is 12.1. The molecule has 0 radical (unpaired) electrons. The Morgan fingerprint density at radius 2 is 1.57 bits per heavy atom. The maximum absolute atomic E-state index is 14.7. The Kier molecular flexibility index (Phi) is 4.39. The number of benzene rings is 4. The Morgan fingerprint density at radius 1 is 0.886 bits per heavy atom. The molecule has 1 saturated heterocycles. The van der Waals surface area contributed by atoms with Crippen molar-refractivity contribution in [2.45, 2.75) is 18.4 Å². The number of nitriles is 1. The highest BCUT2D eigenvalue weighted by atomic mass is 16.6. The van der Waals surface area contributed by atoms with Gasteiger partial charge in [-0.2, -0.15) is 5.26 Å². The lowest BCUT2D eigenvalue weighted by Crippen LogP contribution is -2.51. The van der Waals surface area contributed by atoms with Crippen molar-refractivity contribution in [3.63, 3.8) is 0 Å². The molecule has 35 heavy (non-hydrogen) atoms. The van der Waals surface area contributed by atoms with Gasteiger partial charge in [-0.15, -0.1) is 0 Å². The second kappa shape index (κ2) is 7.53. The van der Waals surface area contributed by atoms with Gasteiger partial charge in [-0.05, 0) is 36.4 Å². The standard InChI is InChI=1S/C30H24N4O/c31-18-20-9-12-22(13-10-20)34(35)29-14-11-21(17-25(29)26-19-32-16-15-30(26)34)33-27-7-3-1-5-23(27)24-6-2-4-8-28(24)33/h1-14,17,26,30,32H,15-16,19H2. The smallest absolute Gasteiger partial charge is 0.142 e. The van der Waals surface area contributed by atoms with Crippen LogP contribution in [-0.4, -0.2) is 23.7 Å². The molecule has 5 aromatic rings. The Balaban J connectivity index is 1.45. The van der Waals surface area contributed by atoms with Gasteiger partial charge in [0.15, 0.2) is 0 Å². The first-order chi connectivity index (χ1) is 17.2. The van der Waals surface area contributed by atoms with E-state index in [1.807, 2.05) is 18.2 Å². The van der Waals surface area contributed by atoms with Crippen molar-refractivity contribution in [3.8, 4) is 11.8 Å². The third-order valence-corrected chi connectivity index (χ3v) is 7.90. The monoisotopic (exact) mass is 456 g/mol. The number of piperidine rings is 1. The zero-order valence-corrected chi connectivity index (χ0v) is 19.2. The predicted molar refractivity (Wildman–Crippen MR) is 141 cm³/mol. The topological polar surface area (TPSA) is 63.8 Å². The third kappa shape index (κ3) is 2.79. The number of nitrogens with zero attached hydrogens (tertiary/aromatic N) is 3. The van der Waals surface area contributed by atoms with E-state index in [1.54, 1.807) is 12.1 Å². The molecule has 4 aromatic carbocycles. The van der Waals surface area contributed by atoms with Crippen molar-refractivity contribution >= 4 is 33.2 Å². The maximum Gasteiger partial charge on any atom is 0.142 e. The van der Waals surface area contributed by atoms with E-state index in [4.69, 9.17) is 0 Å². The van der Waals surface area contributed by atoms with Crippen LogP contribution in [0.4, 0.5) is 11.4 Å². The molecule has 5 nitrogen and oxygen atoms in total. The van der Waals surface area contributed by atoms with Crippen LogP contribution in [0.25, 0.3) is 27.5 Å². The average molecular weight is 457 g/mol. The van der Waals surface area contributed by atoms with Crippen molar-refractivity contribution in [1.82, 2.24) is 14.5 Å². The van der Waals surface area contributed by atoms with E-state index >= 15 is 0 Å². The van der Waals surface area contributed by atoms with Crippen LogP contribution in [-0.2, 0) is 0 Å². The van der Waals surface area contributed by atoms with Crippen molar-refractivity contribution in [1.29, 1.82) is 5.26 Å². The number of hydroxylamine groups is 1. The minimum Gasteiger partial charge on any atom is -0.622 e. The van der Waals surface area contributed by atoms with Crippen molar-refractivity contribution in [3.05, 3.63) is 107 Å². The van der Waals surface area contributed by atoms with Crippen LogP contribution in [0, 0.1) is 16.5 Å². The minimum absolute atomic E-state index is 0.0763. The van der Waals surface area contributed by atoms with Gasteiger partial charge in [0.25, 0.3) is 0 Å². The van der Waals surface area contributed by atoms with Crippen molar-refractivity contribution < 1.29 is 0 Å². The molecule has 0 bridgehead atoms. The first kappa shape index (κ1) is 20.4. The number of fused-ring (bicyclic) bond motifs is 6. The van der Waals surface area contributed by atoms with Crippen molar-refractivity contribution in [2.24, 2.45) is 0 Å². The van der Waals surface area contributed by atoms with E-state index < -0.39 is 4.65 Å². The van der Waals surface area contributed by atoms with Crippen LogP contribution in [0.5, 0.6) is 0 Å². The lowest BCUT2D eigenvalue weighted by Gasteiger charge is -2.46. The summed E-state index contributed by atoms with van der Waals surface area (Å²) in [6, 6.07) is 32.6. The van der Waals surface area contributed by atoms with E-state index in [0.717, 1.165) is 36.4 Å². The number of rotatable bonds is 2. The highest BCUT2D eigenvalue weighted by molar-refractivity contribution is 6.09. The van der Waals surface area contributed by atoms with Crippen LogP contribution >= 0.6 is 0 Å². The fraction of sp³-hybridized carbons (Fsp3) is 0.167. The molecule has 1 aromatic heterocycles. The number of quaternary nitrogens is 1. The normalized spacial score (nSPS) is 23.2. The summed E-state index contributed by atoms with van der Waals surface area (Å²) >= 11 is 0. The fourth-order valence-corrected chi connectivity index (χ4v) is 6.35. The van der Waals surface area contributed by atoms with Gasteiger partial charge in [0.05, 0.1) is 28.6 Å². The van der Waals surface area contributed by atoms with Crippen LogP contribution in [0.3, 0.4) is 0 Å². The third-order valence-electron chi connectivity index (χ3n) is 7.90. The van der Waals surface area contributed by atoms with Crippen molar-refractivity contribution in [2.75, 3.05) is 13.1 Å². The molecule has 170 valence electrons. The Bertz CT molecular complexity index is 1590. The number of nitrogens with one attached hydrogen (secondary N) is 1. The fourth-order valence-electron chi connectivity index (χ4n) is 6.35. The zero-order chi connectivity index (χ0) is 23.6. The summed E-state index contributed by atoms with van der Waals surface area (Å²) in [5.41, 5.74) is 6.63. The number of aromatic nitrogens is 1. The van der Waals surface area contributed by atoms with Gasteiger partial charge in [-0.25, -0.2) is 0 Å². The van der Waals surface area contributed by atoms with E-state index in [1.165, 1.54) is 21.8 Å². The average Bonchev–Trinajstić information content (AvgIpc) is 3.39. The van der Waals surface area contributed by atoms with Crippen LogP contribution in [0.1, 0.15) is 23.5 Å². The van der Waals surface area contributed by atoms with Gasteiger partial charge < -0.3 is 15.1 Å². The Labute approximate surface area is 203 Å². The molecule has 3 unspecified atom stereocenters. The molecule has 0 amide bonds. The summed E-state index contributed by atoms with van der Waals surface area (Å²) in [6.45, 7) is 1.64. The summed E-state index contributed by atoms with van der Waals surface area (Å²) in [7, 11) is 0.